The molecule has 0 radical (unpaired) electrons. The molecule has 0 fully saturated rings. The van der Waals surface area contributed by atoms with Crippen LogP contribution in [0, 0.1) is 0 Å². The van der Waals surface area contributed by atoms with Crippen molar-refractivity contribution in [3.63, 3.8) is 0 Å². The fourth-order valence-electron chi connectivity index (χ4n) is 1.30. The second-order valence-electron chi connectivity index (χ2n) is 3.90. The molecule has 0 spiro atoms. The molecule has 0 saturated carbocycles. The summed E-state index contributed by atoms with van der Waals surface area (Å²) in [6, 6.07) is 0. The van der Waals surface area contributed by atoms with E-state index in [0.29, 0.717) is 6.54 Å². The molecule has 0 saturated heterocycles. The van der Waals surface area contributed by atoms with Crippen molar-refractivity contribution < 1.29 is 9.79 Å². The van der Waals surface area contributed by atoms with Gasteiger partial charge in [-0.2, -0.15) is 0 Å². The van der Waals surface area contributed by atoms with Crippen LogP contribution in [0.25, 0.3) is 0 Å². The Morgan fingerprint density at radius 1 is 1.18 bits per heavy atom. The standard InChI is InChI=1S/C12H25N2O2P/c1-2-3-9-13-10-7-5-4-6-8-11-14-12-17(15)16/h7,10,12-13,15-16H,2-6,8-9,11H2,1H3. The first-order valence-corrected chi connectivity index (χ1v) is 7.64. The average molecular weight is 260 g/mol. The van der Waals surface area contributed by atoms with Crippen LogP contribution in [0.1, 0.15) is 45.4 Å². The fourth-order valence-corrected chi connectivity index (χ4v) is 1.56. The van der Waals surface area contributed by atoms with Gasteiger partial charge in [0.1, 0.15) is 0 Å². The lowest BCUT2D eigenvalue weighted by Gasteiger charge is -1.98. The van der Waals surface area contributed by atoms with Crippen LogP contribution in [0.4, 0.5) is 0 Å². The van der Waals surface area contributed by atoms with Crippen LogP contribution in [-0.4, -0.2) is 28.8 Å². The summed E-state index contributed by atoms with van der Waals surface area (Å²) in [5.41, 5.74) is 0. The third kappa shape index (κ3) is 15.6. The van der Waals surface area contributed by atoms with Gasteiger partial charge in [-0.15, -0.1) is 0 Å². The van der Waals surface area contributed by atoms with Crippen LogP contribution in [-0.2, 0) is 0 Å². The van der Waals surface area contributed by atoms with Gasteiger partial charge in [-0.05, 0) is 31.9 Å². The van der Waals surface area contributed by atoms with Gasteiger partial charge in [0, 0.05) is 13.1 Å². The van der Waals surface area contributed by atoms with Crippen molar-refractivity contribution in [2.45, 2.75) is 45.4 Å². The number of unbranched alkanes of at least 4 members (excludes halogenated alkanes) is 4. The monoisotopic (exact) mass is 260 g/mol. The van der Waals surface area contributed by atoms with Crippen LogP contribution in [0.5, 0.6) is 0 Å². The molecule has 4 nitrogen and oxygen atoms in total. The molecule has 3 N–H and O–H groups in total. The van der Waals surface area contributed by atoms with E-state index in [1.807, 2.05) is 6.20 Å². The summed E-state index contributed by atoms with van der Waals surface area (Å²) in [6.07, 6.45) is 11.1. The summed E-state index contributed by atoms with van der Waals surface area (Å²) < 4.78 is 0. The van der Waals surface area contributed by atoms with E-state index in [0.717, 1.165) is 32.2 Å². The normalized spacial score (nSPS) is 12.0. The van der Waals surface area contributed by atoms with Crippen molar-refractivity contribution in [2.24, 2.45) is 4.99 Å². The Kier molecular flexibility index (Phi) is 13.3. The highest BCUT2D eigenvalue weighted by Crippen LogP contribution is 2.17. The summed E-state index contributed by atoms with van der Waals surface area (Å²) in [4.78, 5) is 21.0. The van der Waals surface area contributed by atoms with E-state index in [9.17, 15) is 0 Å². The zero-order chi connectivity index (χ0) is 12.8. The minimum atomic E-state index is -1.95. The maximum Gasteiger partial charge on any atom is 0.211 e. The predicted octanol–water partition coefficient (Wildman–Crippen LogP) is 2.78. The van der Waals surface area contributed by atoms with Crippen molar-refractivity contribution in [3.05, 3.63) is 12.3 Å². The number of allylic oxidation sites excluding steroid dienone is 1. The summed E-state index contributed by atoms with van der Waals surface area (Å²) >= 11 is 0. The van der Waals surface area contributed by atoms with Crippen molar-refractivity contribution in [1.29, 1.82) is 0 Å². The van der Waals surface area contributed by atoms with Crippen LogP contribution < -0.4 is 5.32 Å². The smallest absolute Gasteiger partial charge is 0.211 e. The number of nitrogens with one attached hydrogen (secondary N) is 1. The third-order valence-electron chi connectivity index (χ3n) is 2.25. The van der Waals surface area contributed by atoms with Gasteiger partial charge in [-0.1, -0.05) is 25.8 Å². The highest BCUT2D eigenvalue weighted by molar-refractivity contribution is 7.61. The minimum Gasteiger partial charge on any atom is -0.391 e. The van der Waals surface area contributed by atoms with Crippen LogP contribution in [0.15, 0.2) is 17.3 Å². The Morgan fingerprint density at radius 3 is 2.71 bits per heavy atom. The lowest BCUT2D eigenvalue weighted by atomic mass is 10.2. The molecular weight excluding hydrogens is 235 g/mol. The van der Waals surface area contributed by atoms with Gasteiger partial charge in [0.25, 0.3) is 0 Å². The number of nitrogens with zero attached hydrogens (tertiary/aromatic N) is 1. The molecular formula is C12H25N2O2P. The highest BCUT2D eigenvalue weighted by Gasteiger charge is 1.89. The predicted molar refractivity (Wildman–Crippen MR) is 75.2 cm³/mol. The van der Waals surface area contributed by atoms with Gasteiger partial charge in [-0.3, -0.25) is 4.99 Å². The first-order valence-electron chi connectivity index (χ1n) is 6.32. The molecule has 0 unspecified atom stereocenters. The van der Waals surface area contributed by atoms with Gasteiger partial charge in [-0.25, -0.2) is 0 Å². The van der Waals surface area contributed by atoms with Crippen molar-refractivity contribution in [2.75, 3.05) is 13.1 Å². The maximum atomic E-state index is 8.57. The molecule has 17 heavy (non-hydrogen) atoms. The van der Waals surface area contributed by atoms with Gasteiger partial charge in [0.15, 0.2) is 0 Å². The molecule has 0 aliphatic carbocycles. The molecule has 0 aromatic carbocycles. The minimum absolute atomic E-state index is 0.693. The van der Waals surface area contributed by atoms with Crippen LogP contribution in [0.2, 0.25) is 0 Å². The Balaban J connectivity index is 3.12. The molecule has 100 valence electrons. The van der Waals surface area contributed by atoms with E-state index >= 15 is 0 Å². The first-order chi connectivity index (χ1) is 8.27. The second-order valence-corrected chi connectivity index (χ2v) is 4.77. The van der Waals surface area contributed by atoms with Crippen molar-refractivity contribution in [3.8, 4) is 0 Å². The van der Waals surface area contributed by atoms with Crippen molar-refractivity contribution in [1.82, 2.24) is 5.32 Å². The van der Waals surface area contributed by atoms with Crippen molar-refractivity contribution >= 4 is 14.3 Å². The molecule has 5 heteroatoms. The maximum absolute atomic E-state index is 8.57. The third-order valence-corrected chi connectivity index (χ3v) is 2.62. The van der Waals surface area contributed by atoms with Crippen LogP contribution in [0.3, 0.4) is 0 Å². The topological polar surface area (TPSA) is 64.9 Å². The molecule has 0 aliphatic rings. The van der Waals surface area contributed by atoms with E-state index in [1.165, 1.54) is 18.8 Å². The zero-order valence-corrected chi connectivity index (χ0v) is 11.6. The lowest BCUT2D eigenvalue weighted by Crippen LogP contribution is -2.05. The van der Waals surface area contributed by atoms with Crippen LogP contribution >= 0.6 is 8.38 Å². The summed E-state index contributed by atoms with van der Waals surface area (Å²) in [5.74, 6) is 1.23. The van der Waals surface area contributed by atoms with E-state index in [1.54, 1.807) is 0 Å². The second kappa shape index (κ2) is 13.6. The average Bonchev–Trinajstić information content (AvgIpc) is 2.30. The summed E-state index contributed by atoms with van der Waals surface area (Å²) in [5, 5.41) is 3.25. The molecule has 0 atom stereocenters. The molecule has 0 aliphatic heterocycles. The van der Waals surface area contributed by atoms with E-state index < -0.39 is 8.38 Å². The number of hydrogen-bond donors (Lipinski definition) is 3. The summed E-state index contributed by atoms with van der Waals surface area (Å²) in [6.45, 7) is 3.94. The summed E-state index contributed by atoms with van der Waals surface area (Å²) in [7, 11) is -1.95. The van der Waals surface area contributed by atoms with Gasteiger partial charge in [0.2, 0.25) is 8.38 Å². The number of aliphatic imine (C=N–C) groups is 1. The molecule has 0 bridgehead atoms. The Hall–Kier alpha value is -0.440. The van der Waals surface area contributed by atoms with E-state index in [-0.39, 0.29) is 0 Å². The molecule has 0 heterocycles. The molecule has 0 amide bonds. The van der Waals surface area contributed by atoms with Gasteiger partial charge < -0.3 is 15.1 Å². The van der Waals surface area contributed by atoms with Gasteiger partial charge >= 0.3 is 0 Å². The highest BCUT2D eigenvalue weighted by atomic mass is 31.2. The molecule has 0 aromatic rings. The largest absolute Gasteiger partial charge is 0.391 e. The Bertz CT molecular complexity index is 209. The van der Waals surface area contributed by atoms with E-state index in [4.69, 9.17) is 9.79 Å². The zero-order valence-electron chi connectivity index (χ0n) is 10.7. The Labute approximate surface area is 106 Å². The number of rotatable bonds is 11. The SMILES string of the molecule is CCCCNC=CCCCCCN=CP(O)O. The lowest BCUT2D eigenvalue weighted by molar-refractivity contribution is 0.501. The Morgan fingerprint density at radius 2 is 2.00 bits per heavy atom. The fraction of sp³-hybridized carbons (Fsp3) is 0.750. The van der Waals surface area contributed by atoms with Gasteiger partial charge in [0.05, 0.1) is 5.96 Å². The number of hydrogen-bond acceptors (Lipinski definition) is 4. The quantitative estimate of drug-likeness (QED) is 0.304. The molecule has 0 rings (SSSR count). The molecule has 0 aromatic heterocycles. The van der Waals surface area contributed by atoms with E-state index in [2.05, 4.69) is 23.3 Å². The first kappa shape index (κ1) is 16.6.